The van der Waals surface area contributed by atoms with E-state index in [9.17, 15) is 19.2 Å². The molecule has 0 saturated carbocycles. The Bertz CT molecular complexity index is 1090. The van der Waals surface area contributed by atoms with Gasteiger partial charge in [-0.15, -0.1) is 6.58 Å². The molecule has 8 heteroatoms. The number of carbonyl (C=O) groups excluding carboxylic acids is 4. The van der Waals surface area contributed by atoms with E-state index in [-0.39, 0.29) is 52.0 Å². The lowest BCUT2D eigenvalue weighted by molar-refractivity contribution is -0.110. The number of rotatable bonds is 24. The minimum atomic E-state index is -0.140. The van der Waals surface area contributed by atoms with Crippen molar-refractivity contribution in [3.8, 4) is 0 Å². The van der Waals surface area contributed by atoms with E-state index >= 15 is 0 Å². The second-order valence-electron chi connectivity index (χ2n) is 15.9. The average Bonchev–Trinajstić information content (AvgIpc) is 2.93. The molecule has 0 saturated heterocycles. The maximum atomic E-state index is 12.4. The first-order chi connectivity index (χ1) is 22.0. The molecule has 6 atom stereocenters. The Morgan fingerprint density at radius 3 is 1.85 bits per heavy atom. The van der Waals surface area contributed by atoms with Crippen LogP contribution in [0.2, 0.25) is 0 Å². The van der Waals surface area contributed by atoms with Gasteiger partial charge in [0.2, 0.25) is 0 Å². The van der Waals surface area contributed by atoms with Crippen LogP contribution in [0.3, 0.4) is 0 Å². The van der Waals surface area contributed by atoms with Gasteiger partial charge in [-0.2, -0.15) is 0 Å². The van der Waals surface area contributed by atoms with Crippen LogP contribution < -0.4 is 0 Å². The van der Waals surface area contributed by atoms with Crippen LogP contribution in [0.5, 0.6) is 0 Å². The van der Waals surface area contributed by atoms with Crippen molar-refractivity contribution in [3.63, 3.8) is 0 Å². The fraction of sp³-hybridized carbons (Fsp3) is 0.800. The molecule has 0 bridgehead atoms. The van der Waals surface area contributed by atoms with E-state index in [1.54, 1.807) is 27.7 Å². The van der Waals surface area contributed by atoms with Crippen LogP contribution in [0, 0.1) is 22.2 Å². The summed E-state index contributed by atoms with van der Waals surface area (Å²) in [5.41, 5.74) is 1.13. The highest BCUT2D eigenvalue weighted by atomic mass is 32.2. The zero-order chi connectivity index (χ0) is 37.3. The van der Waals surface area contributed by atoms with Crippen molar-refractivity contribution in [2.45, 2.75) is 176 Å². The van der Waals surface area contributed by atoms with Gasteiger partial charge >= 0.3 is 0 Å². The van der Waals surface area contributed by atoms with Gasteiger partial charge in [-0.3, -0.25) is 19.2 Å². The van der Waals surface area contributed by atoms with E-state index in [0.717, 1.165) is 76.4 Å². The molecule has 0 aromatic carbocycles. The standard InChI is InChI=1S/C40H70O4S4/c1-15-29(3)19-17-22-40(14,48-35(9)44)23-18-20-30(4)36(47-34(8)43)21-24-38(12,16-2)28-39(13,25-26-45-32(6)41)27-37(10,11)31(5)46-33(7)42/h16,19,30-31,36H,2,15,17-18,20-28H2,1,3-14H3/b29-19+. The highest BCUT2D eigenvalue weighted by Gasteiger charge is 2.40. The normalized spacial score (nSPS) is 18.1. The molecule has 0 heterocycles. The summed E-state index contributed by atoms with van der Waals surface area (Å²) in [7, 11) is 0. The second-order valence-corrected chi connectivity index (χ2v) is 21.9. The average molecular weight is 743 g/mol. The second kappa shape index (κ2) is 22.5. The number of carbonyl (C=O) groups is 4. The molecule has 48 heavy (non-hydrogen) atoms. The molecule has 0 N–H and O–H groups in total. The Hall–Kier alpha value is -0.440. The number of thioether (sulfide) groups is 4. The van der Waals surface area contributed by atoms with Gasteiger partial charge in [0.05, 0.1) is 0 Å². The first-order valence-electron chi connectivity index (χ1n) is 18.0. The summed E-state index contributed by atoms with van der Waals surface area (Å²) in [5.74, 6) is 1.14. The first kappa shape index (κ1) is 47.6. The van der Waals surface area contributed by atoms with Gasteiger partial charge in [-0.05, 0) is 100 Å². The van der Waals surface area contributed by atoms with Crippen molar-refractivity contribution in [3.05, 3.63) is 24.3 Å². The van der Waals surface area contributed by atoms with Crippen molar-refractivity contribution < 1.29 is 19.2 Å². The Kier molecular flexibility index (Phi) is 22.3. The lowest BCUT2D eigenvalue weighted by atomic mass is 9.63. The van der Waals surface area contributed by atoms with E-state index < -0.39 is 0 Å². The lowest BCUT2D eigenvalue weighted by Crippen LogP contribution is -2.36. The van der Waals surface area contributed by atoms with E-state index in [1.165, 1.54) is 52.6 Å². The third-order valence-electron chi connectivity index (χ3n) is 10.1. The molecule has 0 amide bonds. The van der Waals surface area contributed by atoms with Crippen molar-refractivity contribution in [1.82, 2.24) is 0 Å². The third-order valence-corrected chi connectivity index (χ3v) is 14.8. The summed E-state index contributed by atoms with van der Waals surface area (Å²) in [6.07, 6.45) is 15.1. The molecule has 0 radical (unpaired) electrons. The number of allylic oxidation sites excluding steroid dienone is 3. The van der Waals surface area contributed by atoms with Gasteiger partial charge in [-0.25, -0.2) is 0 Å². The van der Waals surface area contributed by atoms with Gasteiger partial charge in [0.25, 0.3) is 0 Å². The fourth-order valence-corrected chi connectivity index (χ4v) is 11.0. The maximum Gasteiger partial charge on any atom is 0.186 e. The molecular formula is C40H70O4S4. The van der Waals surface area contributed by atoms with Crippen LogP contribution in [0.1, 0.15) is 161 Å². The SMILES string of the molecule is C=CC(C)(CCC(SC(C)=O)C(C)CCCC(C)(CC/C=C(\C)CC)SC(C)=O)CC(C)(CCSC(C)=O)CC(C)(C)C(C)SC(C)=O. The van der Waals surface area contributed by atoms with E-state index in [0.29, 0.717) is 5.92 Å². The number of hydrogen-bond acceptors (Lipinski definition) is 8. The molecule has 0 aromatic heterocycles. The summed E-state index contributed by atoms with van der Waals surface area (Å²) in [5, 5.41) is 1.02. The minimum absolute atomic E-state index is 0.0565. The topological polar surface area (TPSA) is 68.3 Å². The molecule has 0 rings (SSSR count). The van der Waals surface area contributed by atoms with Gasteiger partial charge in [-0.1, -0.05) is 120 Å². The van der Waals surface area contributed by atoms with E-state index in [1.807, 2.05) is 0 Å². The quantitative estimate of drug-likeness (QED) is 0.0906. The summed E-state index contributed by atoms with van der Waals surface area (Å²) >= 11 is 5.79. The van der Waals surface area contributed by atoms with Gasteiger partial charge in [0.15, 0.2) is 20.5 Å². The maximum absolute atomic E-state index is 12.4. The van der Waals surface area contributed by atoms with Crippen LogP contribution >= 0.6 is 47.0 Å². The van der Waals surface area contributed by atoms with Crippen molar-refractivity contribution in [2.75, 3.05) is 5.75 Å². The molecule has 6 unspecified atom stereocenters. The van der Waals surface area contributed by atoms with Crippen molar-refractivity contribution >= 4 is 67.5 Å². The Balaban J connectivity index is 5.85. The van der Waals surface area contributed by atoms with Gasteiger partial charge in [0, 0.05) is 48.7 Å². The van der Waals surface area contributed by atoms with Crippen LogP contribution in [0.4, 0.5) is 0 Å². The van der Waals surface area contributed by atoms with Crippen molar-refractivity contribution in [2.24, 2.45) is 22.2 Å². The smallest absolute Gasteiger partial charge is 0.186 e. The predicted octanol–water partition coefficient (Wildman–Crippen LogP) is 12.7. The minimum Gasteiger partial charge on any atom is -0.288 e. The first-order valence-corrected chi connectivity index (χ1v) is 21.5. The van der Waals surface area contributed by atoms with E-state index in [4.69, 9.17) is 0 Å². The predicted molar refractivity (Wildman–Crippen MR) is 219 cm³/mol. The molecule has 0 aliphatic heterocycles. The molecule has 0 aliphatic carbocycles. The lowest BCUT2D eigenvalue weighted by Gasteiger charge is -2.45. The summed E-state index contributed by atoms with van der Waals surface area (Å²) < 4.78 is -0.0833. The molecule has 0 aromatic rings. The monoisotopic (exact) mass is 742 g/mol. The van der Waals surface area contributed by atoms with Crippen LogP contribution in [-0.2, 0) is 19.2 Å². The Morgan fingerprint density at radius 2 is 1.35 bits per heavy atom. The summed E-state index contributed by atoms with van der Waals surface area (Å²) in [4.78, 5) is 48.4. The third kappa shape index (κ3) is 20.4. The Labute approximate surface area is 313 Å². The fourth-order valence-electron chi connectivity index (χ4n) is 7.04. The van der Waals surface area contributed by atoms with E-state index in [2.05, 4.69) is 81.0 Å². The molecule has 0 fully saturated rings. The summed E-state index contributed by atoms with van der Waals surface area (Å²) in [6, 6.07) is 0. The largest absolute Gasteiger partial charge is 0.288 e. The zero-order valence-corrected chi connectivity index (χ0v) is 36.1. The highest BCUT2D eigenvalue weighted by molar-refractivity contribution is 8.15. The zero-order valence-electron chi connectivity index (χ0n) is 32.8. The Morgan fingerprint density at radius 1 is 0.750 bits per heavy atom. The van der Waals surface area contributed by atoms with Gasteiger partial charge < -0.3 is 0 Å². The van der Waals surface area contributed by atoms with Gasteiger partial charge in [0.1, 0.15) is 0 Å². The molecular weight excluding hydrogens is 673 g/mol. The molecule has 278 valence electrons. The highest BCUT2D eigenvalue weighted by Crippen LogP contribution is 2.50. The molecule has 0 spiro atoms. The number of hydrogen-bond donors (Lipinski definition) is 0. The van der Waals surface area contributed by atoms with Crippen LogP contribution in [0.15, 0.2) is 24.3 Å². The summed E-state index contributed by atoms with van der Waals surface area (Å²) in [6.45, 7) is 31.1. The van der Waals surface area contributed by atoms with Crippen LogP contribution in [-0.4, -0.2) is 41.5 Å². The van der Waals surface area contributed by atoms with Crippen LogP contribution in [0.25, 0.3) is 0 Å². The molecule has 4 nitrogen and oxygen atoms in total. The van der Waals surface area contributed by atoms with Crippen molar-refractivity contribution in [1.29, 1.82) is 0 Å². The molecule has 0 aliphatic rings.